The largest absolute Gasteiger partial charge is 0.454 e. The van der Waals surface area contributed by atoms with Gasteiger partial charge < -0.3 is 13.9 Å². The highest BCUT2D eigenvalue weighted by molar-refractivity contribution is 6.35. The van der Waals surface area contributed by atoms with Gasteiger partial charge in [-0.2, -0.15) is 0 Å². The van der Waals surface area contributed by atoms with E-state index in [1.807, 2.05) is 115 Å². The lowest BCUT2D eigenvalue weighted by Gasteiger charge is -2.25. The molecule has 0 aliphatic rings. The van der Waals surface area contributed by atoms with E-state index in [4.69, 9.17) is 34.5 Å². The zero-order valence-corrected chi connectivity index (χ0v) is 26.2. The van der Waals surface area contributed by atoms with Crippen LogP contribution in [0.2, 0.25) is 10.0 Å². The normalized spacial score (nSPS) is 13.1. The fraction of sp³-hybridized carbons (Fsp3) is 0. The van der Waals surface area contributed by atoms with E-state index in [0.29, 0.717) is 21.1 Å². The van der Waals surface area contributed by atoms with Gasteiger partial charge in [0.1, 0.15) is 5.58 Å². The minimum atomic E-state index is -0.455. The molecule has 7 aromatic carbocycles. The Bertz CT molecular complexity index is 2850. The van der Waals surface area contributed by atoms with Gasteiger partial charge in [-0.05, 0) is 83.9 Å². The molecule has 2 heterocycles. The van der Waals surface area contributed by atoms with Crippen LogP contribution < -0.4 is 4.90 Å². The van der Waals surface area contributed by atoms with E-state index in [9.17, 15) is 0 Å². The number of para-hydroxylation sites is 4. The summed E-state index contributed by atoms with van der Waals surface area (Å²) in [6, 6.07) is 39.4. The lowest BCUT2D eigenvalue weighted by molar-refractivity contribution is 0.669. The molecule has 47 heavy (non-hydrogen) atoms. The number of nitrogens with zero attached hydrogens (tertiary/aromatic N) is 2. The second kappa shape index (κ2) is 11.1. The highest BCUT2D eigenvalue weighted by atomic mass is 35.5. The number of anilines is 3. The van der Waals surface area contributed by atoms with Crippen molar-refractivity contribution in [2.24, 2.45) is 0 Å². The molecule has 0 N–H and O–H groups in total. The standard InChI is InChI=1S/C42H26Cl2N2O/c43-29-22-28(23-30(44)25-29)27-18-20-34-35-21-19-33(26-40(35)46(39(34)24-27)32-12-5-2-6-13-32)45(31-10-3-1-4-11-31)38-16-9-15-37-36-14-7-8-17-41(36)47-42(37)38/h1-26H/i2D,5D,6D,12D,13D. The van der Waals surface area contributed by atoms with E-state index in [1.165, 1.54) is 0 Å². The summed E-state index contributed by atoms with van der Waals surface area (Å²) in [5.41, 5.74) is 6.96. The number of furan rings is 1. The maximum Gasteiger partial charge on any atom is 0.159 e. The van der Waals surface area contributed by atoms with Gasteiger partial charge in [-0.3, -0.25) is 0 Å². The Morgan fingerprint density at radius 1 is 0.553 bits per heavy atom. The van der Waals surface area contributed by atoms with Crippen LogP contribution in [0.5, 0.6) is 0 Å². The van der Waals surface area contributed by atoms with Crippen molar-refractivity contribution in [3.05, 3.63) is 168 Å². The molecule has 0 aliphatic heterocycles. The summed E-state index contributed by atoms with van der Waals surface area (Å²) in [6.45, 7) is 0. The molecule has 0 atom stereocenters. The Hall–Kier alpha value is -5.48. The van der Waals surface area contributed by atoms with E-state index in [1.54, 1.807) is 10.6 Å². The molecule has 5 heteroatoms. The number of halogens is 2. The Labute approximate surface area is 288 Å². The zero-order chi connectivity index (χ0) is 35.8. The first-order chi connectivity index (χ1) is 25.2. The van der Waals surface area contributed by atoms with Gasteiger partial charge in [0.2, 0.25) is 0 Å². The Kier molecular flexibility index (Phi) is 5.41. The highest BCUT2D eigenvalue weighted by Gasteiger charge is 2.21. The smallest absolute Gasteiger partial charge is 0.159 e. The molecule has 9 aromatic rings. The van der Waals surface area contributed by atoms with Crippen molar-refractivity contribution in [3.63, 3.8) is 0 Å². The SMILES string of the molecule is [2H]c1c([2H])c([2H])c(-n2c3cc(-c4cc(Cl)cc(Cl)c4)ccc3c3ccc(N(c4ccccc4)c4cccc5c4oc4ccccc45)cc32)c([2H])c1[2H]. The van der Waals surface area contributed by atoms with Crippen LogP contribution >= 0.6 is 23.2 Å². The van der Waals surface area contributed by atoms with Crippen molar-refractivity contribution >= 4 is 84.0 Å². The van der Waals surface area contributed by atoms with Crippen molar-refractivity contribution in [1.82, 2.24) is 4.57 Å². The third-order valence-corrected chi connectivity index (χ3v) is 8.99. The van der Waals surface area contributed by atoms with Crippen LogP contribution in [-0.2, 0) is 0 Å². The Morgan fingerprint density at radius 3 is 2.06 bits per heavy atom. The zero-order valence-electron chi connectivity index (χ0n) is 29.7. The number of rotatable bonds is 5. The van der Waals surface area contributed by atoms with E-state index < -0.39 is 18.1 Å². The second-order valence-corrected chi connectivity index (χ2v) is 12.2. The monoisotopic (exact) mass is 649 g/mol. The average molecular weight is 651 g/mol. The maximum absolute atomic E-state index is 9.04. The second-order valence-electron chi connectivity index (χ2n) is 11.3. The minimum absolute atomic E-state index is 0.0510. The minimum Gasteiger partial charge on any atom is -0.454 e. The van der Waals surface area contributed by atoms with Gasteiger partial charge in [-0.15, -0.1) is 0 Å². The van der Waals surface area contributed by atoms with Gasteiger partial charge in [0.25, 0.3) is 0 Å². The van der Waals surface area contributed by atoms with E-state index >= 15 is 0 Å². The molecule has 0 saturated heterocycles. The molecule has 224 valence electrons. The van der Waals surface area contributed by atoms with Crippen LogP contribution in [-0.4, -0.2) is 4.57 Å². The summed E-state index contributed by atoms with van der Waals surface area (Å²) < 4.78 is 51.8. The third kappa shape index (κ3) is 4.67. The summed E-state index contributed by atoms with van der Waals surface area (Å²) >= 11 is 12.8. The number of benzene rings is 7. The molecule has 0 bridgehead atoms. The van der Waals surface area contributed by atoms with Gasteiger partial charge in [-0.25, -0.2) is 0 Å². The Balaban J connectivity index is 1.37. The molecule has 0 unspecified atom stereocenters. The molecule has 0 spiro atoms. The molecule has 0 saturated carbocycles. The predicted octanol–water partition coefficient (Wildman–Crippen LogP) is 13.1. The highest BCUT2D eigenvalue weighted by Crippen LogP contribution is 2.44. The summed E-state index contributed by atoms with van der Waals surface area (Å²) in [7, 11) is 0. The molecular weight excluding hydrogens is 619 g/mol. The fourth-order valence-electron chi connectivity index (χ4n) is 6.55. The summed E-state index contributed by atoms with van der Waals surface area (Å²) in [4.78, 5) is 2.12. The van der Waals surface area contributed by atoms with Crippen molar-refractivity contribution in [2.45, 2.75) is 0 Å². The van der Waals surface area contributed by atoms with Crippen LogP contribution in [0.15, 0.2) is 162 Å². The molecule has 0 radical (unpaired) electrons. The molecule has 2 aromatic heterocycles. The van der Waals surface area contributed by atoms with E-state index in [2.05, 4.69) is 11.0 Å². The summed E-state index contributed by atoms with van der Waals surface area (Å²) in [5, 5.41) is 4.66. The van der Waals surface area contributed by atoms with Gasteiger partial charge in [0.15, 0.2) is 5.58 Å². The van der Waals surface area contributed by atoms with E-state index in [-0.39, 0.29) is 17.8 Å². The van der Waals surface area contributed by atoms with Gasteiger partial charge in [0.05, 0.1) is 23.6 Å². The molecular formula is C42H26Cl2N2O. The average Bonchev–Trinajstić information content (AvgIpc) is 3.69. The number of fused-ring (bicyclic) bond motifs is 6. The molecule has 9 rings (SSSR count). The predicted molar refractivity (Wildman–Crippen MR) is 198 cm³/mol. The van der Waals surface area contributed by atoms with Crippen molar-refractivity contribution in [1.29, 1.82) is 0 Å². The van der Waals surface area contributed by atoms with Crippen LogP contribution in [0.1, 0.15) is 6.85 Å². The summed E-state index contributed by atoms with van der Waals surface area (Å²) in [5.74, 6) is 0. The van der Waals surface area contributed by atoms with Gasteiger partial charge in [-0.1, -0.05) is 108 Å². The van der Waals surface area contributed by atoms with Crippen molar-refractivity contribution < 1.29 is 11.3 Å². The maximum atomic E-state index is 9.04. The van der Waals surface area contributed by atoms with Crippen LogP contribution in [0.4, 0.5) is 17.1 Å². The van der Waals surface area contributed by atoms with Crippen LogP contribution in [0.3, 0.4) is 0 Å². The van der Waals surface area contributed by atoms with Gasteiger partial charge in [0, 0.05) is 48.7 Å². The van der Waals surface area contributed by atoms with Gasteiger partial charge >= 0.3 is 0 Å². The third-order valence-electron chi connectivity index (χ3n) is 8.55. The van der Waals surface area contributed by atoms with Crippen molar-refractivity contribution in [2.75, 3.05) is 4.90 Å². The molecule has 0 amide bonds. The first-order valence-corrected chi connectivity index (χ1v) is 15.8. The quantitative estimate of drug-likeness (QED) is 0.185. The molecule has 0 fully saturated rings. The topological polar surface area (TPSA) is 21.3 Å². The first kappa shape index (κ1) is 22.9. The van der Waals surface area contributed by atoms with Crippen LogP contribution in [0, 0.1) is 0 Å². The lowest BCUT2D eigenvalue weighted by Crippen LogP contribution is -2.10. The number of hydrogen-bond acceptors (Lipinski definition) is 2. The fourth-order valence-corrected chi connectivity index (χ4v) is 7.08. The van der Waals surface area contributed by atoms with Crippen molar-refractivity contribution in [3.8, 4) is 16.8 Å². The summed E-state index contributed by atoms with van der Waals surface area (Å²) in [6.07, 6.45) is 0. The first-order valence-electron chi connectivity index (χ1n) is 17.6. The lowest BCUT2D eigenvalue weighted by atomic mass is 10.0. The molecule has 0 aliphatic carbocycles. The van der Waals surface area contributed by atoms with E-state index in [0.717, 1.165) is 60.9 Å². The number of aromatic nitrogens is 1. The Morgan fingerprint density at radius 2 is 1.26 bits per heavy atom. The number of hydrogen-bond donors (Lipinski definition) is 0. The van der Waals surface area contributed by atoms with Crippen LogP contribution in [0.25, 0.3) is 60.6 Å². The molecule has 3 nitrogen and oxygen atoms in total.